The molecule has 1 aromatic heterocycles. The summed E-state index contributed by atoms with van der Waals surface area (Å²) in [5.41, 5.74) is -0.128. The summed E-state index contributed by atoms with van der Waals surface area (Å²) < 4.78 is 10.6. The SMILES string of the molecule is CNc1nc2c(OC)ccc(C(=O)O)c2cc1C(=O)OC(C)(C)C. The third-order valence-corrected chi connectivity index (χ3v) is 3.25. The highest BCUT2D eigenvalue weighted by Gasteiger charge is 2.24. The number of carboxylic acid groups (broad SMARTS) is 1. The van der Waals surface area contributed by atoms with E-state index in [1.807, 2.05) is 0 Å². The van der Waals surface area contributed by atoms with Gasteiger partial charge in [-0.15, -0.1) is 0 Å². The zero-order valence-corrected chi connectivity index (χ0v) is 14.3. The molecule has 2 aromatic rings. The molecule has 0 saturated heterocycles. The van der Waals surface area contributed by atoms with Crippen molar-refractivity contribution in [1.82, 2.24) is 4.98 Å². The number of fused-ring (bicyclic) bond motifs is 1. The van der Waals surface area contributed by atoms with E-state index in [-0.39, 0.29) is 16.9 Å². The second-order valence-electron chi connectivity index (χ2n) is 6.15. The van der Waals surface area contributed by atoms with Crippen molar-refractivity contribution in [2.45, 2.75) is 26.4 Å². The molecule has 0 bridgehead atoms. The number of benzene rings is 1. The fraction of sp³-hybridized carbons (Fsp3) is 0.353. The maximum atomic E-state index is 12.4. The summed E-state index contributed by atoms with van der Waals surface area (Å²) in [6.07, 6.45) is 0. The second kappa shape index (κ2) is 6.35. The van der Waals surface area contributed by atoms with Crippen LogP contribution >= 0.6 is 0 Å². The fourth-order valence-electron chi connectivity index (χ4n) is 2.26. The summed E-state index contributed by atoms with van der Waals surface area (Å²) in [5.74, 6) is -0.989. The van der Waals surface area contributed by atoms with Crippen LogP contribution in [-0.2, 0) is 4.74 Å². The van der Waals surface area contributed by atoms with Gasteiger partial charge in [0.05, 0.1) is 12.7 Å². The first-order chi connectivity index (χ1) is 11.2. The van der Waals surface area contributed by atoms with E-state index in [1.165, 1.54) is 25.3 Å². The van der Waals surface area contributed by atoms with Crippen LogP contribution in [0.25, 0.3) is 10.9 Å². The molecule has 0 saturated carbocycles. The Hall–Kier alpha value is -2.83. The van der Waals surface area contributed by atoms with Gasteiger partial charge in [-0.1, -0.05) is 0 Å². The number of hydrogen-bond acceptors (Lipinski definition) is 6. The molecule has 1 aromatic carbocycles. The first kappa shape index (κ1) is 17.5. The molecule has 0 fully saturated rings. The summed E-state index contributed by atoms with van der Waals surface area (Å²) in [7, 11) is 3.09. The molecule has 0 aliphatic heterocycles. The lowest BCUT2D eigenvalue weighted by molar-refractivity contribution is 0.00702. The lowest BCUT2D eigenvalue weighted by atomic mass is 10.0. The van der Waals surface area contributed by atoms with E-state index >= 15 is 0 Å². The zero-order valence-electron chi connectivity index (χ0n) is 14.3. The Morgan fingerprint density at radius 1 is 1.21 bits per heavy atom. The number of ether oxygens (including phenoxy) is 2. The van der Waals surface area contributed by atoms with Crippen molar-refractivity contribution in [3.8, 4) is 5.75 Å². The Balaban J connectivity index is 2.75. The van der Waals surface area contributed by atoms with Crippen molar-refractivity contribution in [2.75, 3.05) is 19.5 Å². The minimum absolute atomic E-state index is 0.0331. The highest BCUT2D eigenvalue weighted by atomic mass is 16.6. The van der Waals surface area contributed by atoms with Gasteiger partial charge in [0.25, 0.3) is 0 Å². The summed E-state index contributed by atoms with van der Waals surface area (Å²) >= 11 is 0. The van der Waals surface area contributed by atoms with Crippen LogP contribution in [0.5, 0.6) is 5.75 Å². The van der Waals surface area contributed by atoms with Gasteiger partial charge in [-0.3, -0.25) is 0 Å². The number of anilines is 1. The first-order valence-electron chi connectivity index (χ1n) is 7.34. The number of carboxylic acids is 1. The molecular formula is C17H20N2O5. The van der Waals surface area contributed by atoms with Crippen LogP contribution in [0.3, 0.4) is 0 Å². The Morgan fingerprint density at radius 3 is 2.38 bits per heavy atom. The molecule has 128 valence electrons. The van der Waals surface area contributed by atoms with E-state index in [0.717, 1.165) is 0 Å². The molecule has 0 unspecified atom stereocenters. The van der Waals surface area contributed by atoms with Crippen molar-refractivity contribution in [1.29, 1.82) is 0 Å². The van der Waals surface area contributed by atoms with Crippen LogP contribution in [0.4, 0.5) is 5.82 Å². The highest BCUT2D eigenvalue weighted by Crippen LogP contribution is 2.31. The average molecular weight is 332 g/mol. The number of pyridine rings is 1. The maximum Gasteiger partial charge on any atom is 0.342 e. The van der Waals surface area contributed by atoms with Gasteiger partial charge in [0.15, 0.2) is 0 Å². The molecule has 0 spiro atoms. The second-order valence-corrected chi connectivity index (χ2v) is 6.15. The average Bonchev–Trinajstić information content (AvgIpc) is 2.50. The third-order valence-electron chi connectivity index (χ3n) is 3.25. The van der Waals surface area contributed by atoms with Gasteiger partial charge in [0.1, 0.15) is 28.2 Å². The standard InChI is InChI=1S/C17H20N2O5/c1-17(2,3)24-16(22)11-8-10-9(15(20)21)6-7-12(23-5)13(10)19-14(11)18-4/h6-8H,1-5H3,(H,18,19)(H,20,21). The summed E-state index contributed by atoms with van der Waals surface area (Å²) in [5, 5.41) is 12.5. The Morgan fingerprint density at radius 2 is 1.88 bits per heavy atom. The molecule has 24 heavy (non-hydrogen) atoms. The number of carbonyl (C=O) groups is 2. The number of carbonyl (C=O) groups excluding carboxylic acids is 1. The van der Waals surface area contributed by atoms with Gasteiger partial charge in [-0.05, 0) is 39.0 Å². The predicted octanol–water partition coefficient (Wildman–Crippen LogP) is 2.94. The smallest absolute Gasteiger partial charge is 0.342 e. The van der Waals surface area contributed by atoms with Crippen LogP contribution in [-0.4, -0.2) is 41.8 Å². The number of aromatic nitrogens is 1. The molecule has 0 aliphatic rings. The summed E-state index contributed by atoms with van der Waals surface area (Å²) in [4.78, 5) is 28.3. The molecule has 0 aliphatic carbocycles. The molecule has 7 heteroatoms. The van der Waals surface area contributed by atoms with Crippen molar-refractivity contribution < 1.29 is 24.2 Å². The Bertz CT molecular complexity index is 809. The van der Waals surface area contributed by atoms with Crippen LogP contribution in [0.2, 0.25) is 0 Å². The molecule has 2 rings (SSSR count). The number of hydrogen-bond donors (Lipinski definition) is 2. The van der Waals surface area contributed by atoms with Crippen molar-refractivity contribution in [2.24, 2.45) is 0 Å². The van der Waals surface area contributed by atoms with E-state index in [1.54, 1.807) is 27.8 Å². The van der Waals surface area contributed by atoms with Gasteiger partial charge < -0.3 is 19.9 Å². The molecule has 7 nitrogen and oxygen atoms in total. The van der Waals surface area contributed by atoms with Gasteiger partial charge in [0, 0.05) is 12.4 Å². The van der Waals surface area contributed by atoms with E-state index in [4.69, 9.17) is 9.47 Å². The summed E-state index contributed by atoms with van der Waals surface area (Å²) in [6.45, 7) is 5.26. The van der Waals surface area contributed by atoms with Crippen LogP contribution in [0.1, 0.15) is 41.5 Å². The number of nitrogens with one attached hydrogen (secondary N) is 1. The quantitative estimate of drug-likeness (QED) is 0.831. The molecule has 2 N–H and O–H groups in total. The molecule has 0 atom stereocenters. The largest absolute Gasteiger partial charge is 0.494 e. The van der Waals surface area contributed by atoms with E-state index in [0.29, 0.717) is 16.7 Å². The third kappa shape index (κ3) is 3.40. The van der Waals surface area contributed by atoms with Crippen molar-refractivity contribution >= 4 is 28.7 Å². The number of aromatic carboxylic acids is 1. The van der Waals surface area contributed by atoms with Crippen LogP contribution in [0.15, 0.2) is 18.2 Å². The van der Waals surface area contributed by atoms with Gasteiger partial charge >= 0.3 is 11.9 Å². The van der Waals surface area contributed by atoms with Gasteiger partial charge in [-0.25, -0.2) is 14.6 Å². The van der Waals surface area contributed by atoms with Crippen LogP contribution < -0.4 is 10.1 Å². The predicted molar refractivity (Wildman–Crippen MR) is 90.0 cm³/mol. The number of esters is 1. The van der Waals surface area contributed by atoms with E-state index in [2.05, 4.69) is 10.3 Å². The summed E-state index contributed by atoms with van der Waals surface area (Å²) in [6, 6.07) is 4.42. The van der Waals surface area contributed by atoms with E-state index < -0.39 is 17.5 Å². The number of rotatable bonds is 4. The molecule has 0 radical (unpaired) electrons. The minimum atomic E-state index is -1.11. The number of methoxy groups -OCH3 is 1. The maximum absolute atomic E-state index is 12.4. The highest BCUT2D eigenvalue weighted by molar-refractivity contribution is 6.08. The Kier molecular flexibility index (Phi) is 4.64. The monoisotopic (exact) mass is 332 g/mol. The van der Waals surface area contributed by atoms with Crippen LogP contribution in [0, 0.1) is 0 Å². The molecule has 0 amide bonds. The van der Waals surface area contributed by atoms with Crippen molar-refractivity contribution in [3.63, 3.8) is 0 Å². The Labute approximate surface area is 139 Å². The molecular weight excluding hydrogens is 312 g/mol. The topological polar surface area (TPSA) is 97.8 Å². The lowest BCUT2D eigenvalue weighted by Gasteiger charge is -2.20. The zero-order chi connectivity index (χ0) is 18.1. The fourth-order valence-corrected chi connectivity index (χ4v) is 2.26. The number of nitrogens with zero attached hydrogens (tertiary/aromatic N) is 1. The van der Waals surface area contributed by atoms with Crippen molar-refractivity contribution in [3.05, 3.63) is 29.3 Å². The van der Waals surface area contributed by atoms with Gasteiger partial charge in [0.2, 0.25) is 0 Å². The normalized spacial score (nSPS) is 11.2. The molecule has 1 heterocycles. The van der Waals surface area contributed by atoms with Gasteiger partial charge in [-0.2, -0.15) is 0 Å². The lowest BCUT2D eigenvalue weighted by Crippen LogP contribution is -2.24. The minimum Gasteiger partial charge on any atom is -0.494 e. The van der Waals surface area contributed by atoms with E-state index in [9.17, 15) is 14.7 Å². The first-order valence-corrected chi connectivity index (χ1v) is 7.34.